The Bertz CT molecular complexity index is 558. The van der Waals surface area contributed by atoms with Gasteiger partial charge in [0, 0.05) is 17.6 Å². The first-order chi connectivity index (χ1) is 11.1. The summed E-state index contributed by atoms with van der Waals surface area (Å²) >= 11 is 0. The number of hydrogen-bond donors (Lipinski definition) is 2. The van der Waals surface area contributed by atoms with Crippen molar-refractivity contribution in [3.05, 3.63) is 29.3 Å². The van der Waals surface area contributed by atoms with Gasteiger partial charge in [0.05, 0.1) is 13.5 Å². The van der Waals surface area contributed by atoms with Crippen molar-refractivity contribution in [1.82, 2.24) is 5.32 Å². The number of fused-ring (bicyclic) bond motifs is 2. The predicted molar refractivity (Wildman–Crippen MR) is 91.4 cm³/mol. The summed E-state index contributed by atoms with van der Waals surface area (Å²) < 4.78 is 5.38. The monoisotopic (exact) mass is 316 g/mol. The maximum Gasteiger partial charge on any atom is 0.224 e. The minimum Gasteiger partial charge on any atom is -0.496 e. The number of aryl methyl sites for hydroxylation is 1. The highest BCUT2D eigenvalue weighted by molar-refractivity contribution is 5.79. The molecule has 2 atom stereocenters. The third-order valence-electron chi connectivity index (χ3n) is 5.49. The lowest BCUT2D eigenvalue weighted by atomic mass is 9.67. The summed E-state index contributed by atoms with van der Waals surface area (Å²) in [4.78, 5) is 12.6. The maximum absolute atomic E-state index is 12.6. The van der Waals surface area contributed by atoms with Crippen LogP contribution in [0.15, 0.2) is 18.2 Å². The molecule has 0 aliphatic heterocycles. The molecule has 2 aliphatic rings. The van der Waals surface area contributed by atoms with Crippen LogP contribution in [0.5, 0.6) is 5.75 Å². The summed E-state index contributed by atoms with van der Waals surface area (Å²) in [6, 6.07) is 6.61. The minimum atomic E-state index is 0.103. The summed E-state index contributed by atoms with van der Waals surface area (Å²) in [5.74, 6) is 2.00. The number of ether oxygens (including phenoxy) is 1. The van der Waals surface area contributed by atoms with Gasteiger partial charge in [-0.2, -0.15) is 0 Å². The fraction of sp³-hybridized carbons (Fsp3) is 0.632. The molecule has 0 spiro atoms. The number of nitrogens with two attached hydrogens (primary N) is 1. The van der Waals surface area contributed by atoms with Crippen LogP contribution in [-0.4, -0.2) is 25.1 Å². The number of carbonyl (C=O) groups excluding carboxylic acids is 1. The van der Waals surface area contributed by atoms with Gasteiger partial charge >= 0.3 is 0 Å². The predicted octanol–water partition coefficient (Wildman–Crippen LogP) is 2.57. The van der Waals surface area contributed by atoms with Crippen molar-refractivity contribution in [3.8, 4) is 5.75 Å². The number of methoxy groups -OCH3 is 1. The Morgan fingerprint density at radius 3 is 2.65 bits per heavy atom. The molecular weight excluding hydrogens is 288 g/mol. The SMILES string of the molecule is COc1ccc(C)cc1CC(=O)NC1C2CCCC1CC(N)C2. The van der Waals surface area contributed by atoms with Crippen molar-refractivity contribution in [1.29, 1.82) is 0 Å². The van der Waals surface area contributed by atoms with E-state index in [4.69, 9.17) is 10.5 Å². The van der Waals surface area contributed by atoms with Gasteiger partial charge in [-0.05, 0) is 50.5 Å². The normalized spacial score (nSPS) is 29.9. The summed E-state index contributed by atoms with van der Waals surface area (Å²) in [6.45, 7) is 2.04. The molecule has 0 saturated heterocycles. The van der Waals surface area contributed by atoms with Crippen LogP contribution in [0, 0.1) is 18.8 Å². The summed E-state index contributed by atoms with van der Waals surface area (Å²) in [7, 11) is 1.65. The third-order valence-corrected chi connectivity index (χ3v) is 5.49. The largest absolute Gasteiger partial charge is 0.496 e. The highest BCUT2D eigenvalue weighted by Gasteiger charge is 2.39. The van der Waals surface area contributed by atoms with E-state index >= 15 is 0 Å². The lowest BCUT2D eigenvalue weighted by molar-refractivity contribution is -0.122. The first kappa shape index (κ1) is 16.3. The molecule has 1 amide bonds. The molecule has 0 radical (unpaired) electrons. The summed E-state index contributed by atoms with van der Waals surface area (Å²) in [5, 5.41) is 3.31. The second-order valence-corrected chi connectivity index (χ2v) is 7.27. The molecule has 2 saturated carbocycles. The number of benzene rings is 1. The molecule has 3 N–H and O–H groups in total. The zero-order chi connectivity index (χ0) is 16.4. The first-order valence-corrected chi connectivity index (χ1v) is 8.75. The molecule has 2 aliphatic carbocycles. The van der Waals surface area contributed by atoms with E-state index in [1.807, 2.05) is 25.1 Å². The second-order valence-electron chi connectivity index (χ2n) is 7.27. The Kier molecular flexibility index (Phi) is 4.90. The van der Waals surface area contributed by atoms with E-state index in [2.05, 4.69) is 5.32 Å². The number of amides is 1. The smallest absolute Gasteiger partial charge is 0.224 e. The van der Waals surface area contributed by atoms with Crippen molar-refractivity contribution in [2.24, 2.45) is 17.6 Å². The maximum atomic E-state index is 12.6. The molecule has 3 rings (SSSR count). The average Bonchev–Trinajstić information content (AvgIpc) is 2.48. The van der Waals surface area contributed by atoms with E-state index in [0.29, 0.717) is 30.3 Å². The molecule has 4 heteroatoms. The molecule has 2 fully saturated rings. The van der Waals surface area contributed by atoms with Crippen LogP contribution < -0.4 is 15.8 Å². The Morgan fingerprint density at radius 2 is 2.00 bits per heavy atom. The molecule has 4 nitrogen and oxygen atoms in total. The van der Waals surface area contributed by atoms with Gasteiger partial charge in [0.15, 0.2) is 0 Å². The fourth-order valence-corrected chi connectivity index (χ4v) is 4.48. The molecule has 126 valence electrons. The average molecular weight is 316 g/mol. The van der Waals surface area contributed by atoms with Crippen molar-refractivity contribution < 1.29 is 9.53 Å². The van der Waals surface area contributed by atoms with Crippen LogP contribution >= 0.6 is 0 Å². The van der Waals surface area contributed by atoms with Crippen LogP contribution in [0.3, 0.4) is 0 Å². The molecule has 1 aromatic carbocycles. The topological polar surface area (TPSA) is 64.3 Å². The molecular formula is C19H28N2O2. The second kappa shape index (κ2) is 6.91. The van der Waals surface area contributed by atoms with Gasteiger partial charge in [0.1, 0.15) is 5.75 Å². The van der Waals surface area contributed by atoms with Gasteiger partial charge in [-0.1, -0.05) is 24.1 Å². The number of carbonyl (C=O) groups is 1. The van der Waals surface area contributed by atoms with Crippen LogP contribution in [0.2, 0.25) is 0 Å². The van der Waals surface area contributed by atoms with Gasteiger partial charge in [-0.25, -0.2) is 0 Å². The zero-order valence-electron chi connectivity index (χ0n) is 14.2. The molecule has 23 heavy (non-hydrogen) atoms. The molecule has 0 heterocycles. The minimum absolute atomic E-state index is 0.103. The van der Waals surface area contributed by atoms with Crippen molar-refractivity contribution in [3.63, 3.8) is 0 Å². The van der Waals surface area contributed by atoms with E-state index in [-0.39, 0.29) is 5.91 Å². The zero-order valence-corrected chi connectivity index (χ0v) is 14.2. The van der Waals surface area contributed by atoms with E-state index < -0.39 is 0 Å². The summed E-state index contributed by atoms with van der Waals surface area (Å²) in [6.07, 6.45) is 6.16. The van der Waals surface area contributed by atoms with Crippen LogP contribution in [0.4, 0.5) is 0 Å². The van der Waals surface area contributed by atoms with E-state index in [1.165, 1.54) is 19.3 Å². The quantitative estimate of drug-likeness (QED) is 0.897. The van der Waals surface area contributed by atoms with Gasteiger partial charge < -0.3 is 15.8 Å². The number of nitrogens with one attached hydrogen (secondary N) is 1. The van der Waals surface area contributed by atoms with Crippen molar-refractivity contribution in [2.75, 3.05) is 7.11 Å². The Balaban J connectivity index is 1.67. The van der Waals surface area contributed by atoms with Crippen LogP contribution in [0.1, 0.15) is 43.2 Å². The van der Waals surface area contributed by atoms with Crippen molar-refractivity contribution in [2.45, 2.75) is 57.5 Å². The van der Waals surface area contributed by atoms with E-state index in [9.17, 15) is 4.79 Å². The lowest BCUT2D eigenvalue weighted by Crippen LogP contribution is -2.54. The Hall–Kier alpha value is -1.55. The Morgan fingerprint density at radius 1 is 1.30 bits per heavy atom. The molecule has 2 bridgehead atoms. The Labute approximate surface area is 138 Å². The molecule has 1 aromatic rings. The van der Waals surface area contributed by atoms with E-state index in [0.717, 1.165) is 29.7 Å². The lowest BCUT2D eigenvalue weighted by Gasteiger charge is -2.45. The van der Waals surface area contributed by atoms with Gasteiger partial charge in [-0.15, -0.1) is 0 Å². The number of rotatable bonds is 4. The van der Waals surface area contributed by atoms with Crippen molar-refractivity contribution >= 4 is 5.91 Å². The van der Waals surface area contributed by atoms with Gasteiger partial charge in [-0.3, -0.25) is 4.79 Å². The summed E-state index contributed by atoms with van der Waals surface area (Å²) in [5.41, 5.74) is 8.28. The highest BCUT2D eigenvalue weighted by Crippen LogP contribution is 2.39. The van der Waals surface area contributed by atoms with E-state index in [1.54, 1.807) is 7.11 Å². The van der Waals surface area contributed by atoms with Crippen LogP contribution in [-0.2, 0) is 11.2 Å². The third kappa shape index (κ3) is 3.69. The molecule has 0 aromatic heterocycles. The molecule has 2 unspecified atom stereocenters. The van der Waals surface area contributed by atoms with Crippen LogP contribution in [0.25, 0.3) is 0 Å². The van der Waals surface area contributed by atoms with Gasteiger partial charge in [0.2, 0.25) is 5.91 Å². The fourth-order valence-electron chi connectivity index (χ4n) is 4.48. The number of hydrogen-bond acceptors (Lipinski definition) is 3. The van der Waals surface area contributed by atoms with Gasteiger partial charge in [0.25, 0.3) is 0 Å². The highest BCUT2D eigenvalue weighted by atomic mass is 16.5. The first-order valence-electron chi connectivity index (χ1n) is 8.75. The standard InChI is InChI=1S/C19H28N2O2/c1-12-6-7-17(23-2)15(8-12)11-18(22)21-19-13-4-3-5-14(19)10-16(20)9-13/h6-8,13-14,16,19H,3-5,9-11,20H2,1-2H3,(H,21,22).